The molecule has 2 aromatic rings. The van der Waals surface area contributed by atoms with Crippen LogP contribution in [-0.2, 0) is 0 Å². The number of hydrogen-bond acceptors (Lipinski definition) is 3. The molecular weight excluding hydrogens is 226 g/mol. The van der Waals surface area contributed by atoms with E-state index in [2.05, 4.69) is 10.3 Å². The molecule has 0 aliphatic heterocycles. The van der Waals surface area contributed by atoms with Gasteiger partial charge in [0.05, 0.1) is 0 Å². The number of rotatable bonds is 2. The molecule has 2 rings (SSSR count). The highest BCUT2D eigenvalue weighted by Crippen LogP contribution is 2.14. The summed E-state index contributed by atoms with van der Waals surface area (Å²) >= 11 is 0. The van der Waals surface area contributed by atoms with E-state index in [9.17, 15) is 4.79 Å². The maximum Gasteiger partial charge on any atom is 0.256 e. The van der Waals surface area contributed by atoms with E-state index < -0.39 is 0 Å². The van der Waals surface area contributed by atoms with Crippen molar-refractivity contribution in [1.29, 1.82) is 0 Å². The van der Waals surface area contributed by atoms with Crippen LogP contribution in [0.3, 0.4) is 0 Å². The number of nitrogens with zero attached hydrogens (tertiary/aromatic N) is 1. The molecular formula is C14H15N3O. The lowest BCUT2D eigenvalue weighted by Crippen LogP contribution is -2.13. The summed E-state index contributed by atoms with van der Waals surface area (Å²) in [7, 11) is 0. The number of carbonyl (C=O) groups excluding carboxylic acids is 1. The predicted octanol–water partition coefficient (Wildman–Crippen LogP) is 2.53. The van der Waals surface area contributed by atoms with Gasteiger partial charge in [-0.1, -0.05) is 0 Å². The third-order valence-electron chi connectivity index (χ3n) is 2.69. The van der Waals surface area contributed by atoms with Gasteiger partial charge in [0.25, 0.3) is 5.91 Å². The maximum absolute atomic E-state index is 12.0. The molecule has 0 aliphatic carbocycles. The summed E-state index contributed by atoms with van der Waals surface area (Å²) in [5, 5.41) is 2.75. The number of aromatic nitrogens is 1. The molecule has 0 radical (unpaired) electrons. The van der Waals surface area contributed by atoms with E-state index in [1.807, 2.05) is 26.0 Å². The Labute approximate surface area is 106 Å². The van der Waals surface area contributed by atoms with Crippen molar-refractivity contribution < 1.29 is 4.79 Å². The topological polar surface area (TPSA) is 68.0 Å². The number of nitrogens with one attached hydrogen (secondary N) is 1. The first-order chi connectivity index (χ1) is 8.56. The smallest absolute Gasteiger partial charge is 0.256 e. The average molecular weight is 241 g/mol. The van der Waals surface area contributed by atoms with Crippen LogP contribution in [0.5, 0.6) is 0 Å². The minimum Gasteiger partial charge on any atom is -0.399 e. The number of nitrogens with two attached hydrogens (primary N) is 1. The molecule has 4 heteroatoms. The Morgan fingerprint density at radius 3 is 2.67 bits per heavy atom. The van der Waals surface area contributed by atoms with E-state index in [0.717, 1.165) is 11.1 Å². The highest BCUT2D eigenvalue weighted by molar-refractivity contribution is 6.04. The lowest BCUT2D eigenvalue weighted by Gasteiger charge is -2.06. The van der Waals surface area contributed by atoms with Crippen molar-refractivity contribution >= 4 is 17.4 Å². The third-order valence-corrected chi connectivity index (χ3v) is 2.69. The van der Waals surface area contributed by atoms with Crippen molar-refractivity contribution in [2.24, 2.45) is 0 Å². The highest BCUT2D eigenvalue weighted by Gasteiger charge is 2.07. The number of aryl methyl sites for hydroxylation is 2. The van der Waals surface area contributed by atoms with Gasteiger partial charge < -0.3 is 11.1 Å². The van der Waals surface area contributed by atoms with E-state index in [0.29, 0.717) is 17.1 Å². The molecule has 0 fully saturated rings. The maximum atomic E-state index is 12.0. The minimum atomic E-state index is -0.184. The number of anilines is 2. The van der Waals surface area contributed by atoms with Gasteiger partial charge in [-0.2, -0.15) is 0 Å². The van der Waals surface area contributed by atoms with Crippen molar-refractivity contribution in [3.05, 3.63) is 53.2 Å². The van der Waals surface area contributed by atoms with Gasteiger partial charge in [-0.25, -0.2) is 4.98 Å². The zero-order valence-corrected chi connectivity index (χ0v) is 10.4. The van der Waals surface area contributed by atoms with Crippen LogP contribution < -0.4 is 11.1 Å². The first-order valence-electron chi connectivity index (χ1n) is 5.66. The van der Waals surface area contributed by atoms with E-state index in [4.69, 9.17) is 5.73 Å². The Balaban J connectivity index is 2.19. The average Bonchev–Trinajstić information content (AvgIpc) is 2.32. The Hall–Kier alpha value is -2.36. The van der Waals surface area contributed by atoms with Gasteiger partial charge in [0.2, 0.25) is 0 Å². The Bertz CT molecular complexity index is 593. The monoisotopic (exact) mass is 241 g/mol. The number of carbonyl (C=O) groups is 1. The van der Waals surface area contributed by atoms with Crippen LogP contribution in [-0.4, -0.2) is 10.9 Å². The molecule has 0 saturated heterocycles. The molecule has 1 amide bonds. The molecule has 0 unspecified atom stereocenters. The quantitative estimate of drug-likeness (QED) is 0.794. The van der Waals surface area contributed by atoms with Gasteiger partial charge in [0.15, 0.2) is 0 Å². The largest absolute Gasteiger partial charge is 0.399 e. The minimum absolute atomic E-state index is 0.184. The van der Waals surface area contributed by atoms with Crippen LogP contribution in [0.25, 0.3) is 0 Å². The molecule has 92 valence electrons. The molecule has 1 heterocycles. The highest BCUT2D eigenvalue weighted by atomic mass is 16.1. The summed E-state index contributed by atoms with van der Waals surface area (Å²) in [5.41, 5.74) is 8.91. The van der Waals surface area contributed by atoms with Gasteiger partial charge in [0, 0.05) is 17.4 Å². The molecule has 0 saturated carbocycles. The number of amides is 1. The van der Waals surface area contributed by atoms with Crippen LogP contribution in [0.1, 0.15) is 21.5 Å². The summed E-state index contributed by atoms with van der Waals surface area (Å²) in [4.78, 5) is 16.1. The number of nitrogen functional groups attached to an aromatic ring is 1. The number of benzene rings is 1. The molecule has 1 aromatic carbocycles. The molecule has 0 atom stereocenters. The number of pyridine rings is 1. The van der Waals surface area contributed by atoms with E-state index in [1.165, 1.54) is 0 Å². The first kappa shape index (κ1) is 12.1. The van der Waals surface area contributed by atoms with Gasteiger partial charge in [0.1, 0.15) is 5.82 Å². The predicted molar refractivity (Wildman–Crippen MR) is 72.5 cm³/mol. The standard InChI is InChI=1S/C14H15N3O/c1-9-5-6-16-13(7-9)17-14(18)11-3-4-12(15)10(2)8-11/h3-8H,15H2,1-2H3,(H,16,17,18). The zero-order chi connectivity index (χ0) is 13.1. The Morgan fingerprint density at radius 2 is 2.00 bits per heavy atom. The molecule has 1 aromatic heterocycles. The summed E-state index contributed by atoms with van der Waals surface area (Å²) in [5.74, 6) is 0.366. The molecule has 18 heavy (non-hydrogen) atoms. The van der Waals surface area contributed by atoms with E-state index >= 15 is 0 Å². The van der Waals surface area contributed by atoms with Crippen molar-refractivity contribution in [3.63, 3.8) is 0 Å². The SMILES string of the molecule is Cc1ccnc(NC(=O)c2ccc(N)c(C)c2)c1. The van der Waals surface area contributed by atoms with E-state index in [-0.39, 0.29) is 5.91 Å². The normalized spacial score (nSPS) is 10.1. The van der Waals surface area contributed by atoms with Gasteiger partial charge >= 0.3 is 0 Å². The second-order valence-electron chi connectivity index (χ2n) is 4.24. The van der Waals surface area contributed by atoms with Crippen LogP contribution in [0.15, 0.2) is 36.5 Å². The fourth-order valence-electron chi connectivity index (χ4n) is 1.61. The van der Waals surface area contributed by atoms with Crippen molar-refractivity contribution in [2.45, 2.75) is 13.8 Å². The number of hydrogen-bond donors (Lipinski definition) is 2. The van der Waals surface area contributed by atoms with Crippen molar-refractivity contribution in [2.75, 3.05) is 11.1 Å². The van der Waals surface area contributed by atoms with Crippen LogP contribution in [0, 0.1) is 13.8 Å². The van der Waals surface area contributed by atoms with Crippen LogP contribution >= 0.6 is 0 Å². The molecule has 0 spiro atoms. The van der Waals surface area contributed by atoms with Crippen LogP contribution in [0.4, 0.5) is 11.5 Å². The van der Waals surface area contributed by atoms with Gasteiger partial charge in [-0.3, -0.25) is 4.79 Å². The Kier molecular flexibility index (Phi) is 3.28. The molecule has 0 aliphatic rings. The lowest BCUT2D eigenvalue weighted by molar-refractivity contribution is 0.102. The second kappa shape index (κ2) is 4.87. The van der Waals surface area contributed by atoms with Gasteiger partial charge in [-0.15, -0.1) is 0 Å². The third kappa shape index (κ3) is 2.66. The van der Waals surface area contributed by atoms with Gasteiger partial charge in [-0.05, 0) is 55.3 Å². The summed E-state index contributed by atoms with van der Waals surface area (Å²) in [6.45, 7) is 3.82. The van der Waals surface area contributed by atoms with Crippen molar-refractivity contribution in [1.82, 2.24) is 4.98 Å². The lowest BCUT2D eigenvalue weighted by atomic mass is 10.1. The fraction of sp³-hybridized carbons (Fsp3) is 0.143. The second-order valence-corrected chi connectivity index (χ2v) is 4.24. The first-order valence-corrected chi connectivity index (χ1v) is 5.66. The zero-order valence-electron chi connectivity index (χ0n) is 10.4. The molecule has 0 bridgehead atoms. The van der Waals surface area contributed by atoms with Crippen molar-refractivity contribution in [3.8, 4) is 0 Å². The Morgan fingerprint density at radius 1 is 1.22 bits per heavy atom. The van der Waals surface area contributed by atoms with Crippen LogP contribution in [0.2, 0.25) is 0 Å². The van der Waals surface area contributed by atoms with E-state index in [1.54, 1.807) is 24.4 Å². The fourth-order valence-corrected chi connectivity index (χ4v) is 1.61. The molecule has 4 nitrogen and oxygen atoms in total. The summed E-state index contributed by atoms with van der Waals surface area (Å²) in [6.07, 6.45) is 1.67. The summed E-state index contributed by atoms with van der Waals surface area (Å²) in [6, 6.07) is 8.90. The molecule has 3 N–H and O–H groups in total. The summed E-state index contributed by atoms with van der Waals surface area (Å²) < 4.78 is 0.